The molecule has 1 fully saturated rings. The van der Waals surface area contributed by atoms with Gasteiger partial charge in [-0.25, -0.2) is 0 Å². The van der Waals surface area contributed by atoms with Crippen molar-refractivity contribution in [1.29, 1.82) is 0 Å². The Hall–Kier alpha value is -0.0800. The highest BCUT2D eigenvalue weighted by Crippen LogP contribution is 2.22. The van der Waals surface area contributed by atoms with Crippen LogP contribution in [0.3, 0.4) is 0 Å². The first kappa shape index (κ1) is 15.0. The summed E-state index contributed by atoms with van der Waals surface area (Å²) in [7, 11) is 0. The van der Waals surface area contributed by atoms with Gasteiger partial charge in [-0.15, -0.1) is 0 Å². The summed E-state index contributed by atoms with van der Waals surface area (Å²) in [6.07, 6.45) is 5.30. The topological polar surface area (TPSA) is 15.3 Å². The molecule has 0 aromatic heterocycles. The van der Waals surface area contributed by atoms with E-state index in [4.69, 9.17) is 0 Å². The Morgan fingerprint density at radius 1 is 1.29 bits per heavy atom. The molecule has 3 atom stereocenters. The van der Waals surface area contributed by atoms with Gasteiger partial charge in [0.2, 0.25) is 0 Å². The smallest absolute Gasteiger partial charge is 0.00391 e. The minimum absolute atomic E-state index is 0.691. The fraction of sp³-hybridized carbons (Fsp3) is 1.00. The average molecular weight is 240 g/mol. The molecule has 1 heterocycles. The molecule has 1 aliphatic rings. The van der Waals surface area contributed by atoms with Gasteiger partial charge >= 0.3 is 0 Å². The van der Waals surface area contributed by atoms with Crippen LogP contribution in [0.5, 0.6) is 0 Å². The lowest BCUT2D eigenvalue weighted by Gasteiger charge is -2.35. The first-order valence-electron chi connectivity index (χ1n) is 7.59. The van der Waals surface area contributed by atoms with Crippen molar-refractivity contribution in [3.05, 3.63) is 0 Å². The summed E-state index contributed by atoms with van der Waals surface area (Å²) in [5.41, 5.74) is 0. The molecule has 1 rings (SSSR count). The number of hydrogen-bond donors (Lipinski definition) is 1. The molecule has 1 saturated heterocycles. The lowest BCUT2D eigenvalue weighted by molar-refractivity contribution is 0.135. The van der Waals surface area contributed by atoms with Crippen LogP contribution in [0.4, 0.5) is 0 Å². The summed E-state index contributed by atoms with van der Waals surface area (Å²) < 4.78 is 0. The molecule has 0 amide bonds. The van der Waals surface area contributed by atoms with Gasteiger partial charge in [0.25, 0.3) is 0 Å². The number of nitrogens with one attached hydrogen (secondary N) is 1. The molecule has 17 heavy (non-hydrogen) atoms. The zero-order chi connectivity index (χ0) is 12.7. The maximum absolute atomic E-state index is 3.57. The Morgan fingerprint density at radius 3 is 2.71 bits per heavy atom. The van der Waals surface area contributed by atoms with Crippen molar-refractivity contribution >= 4 is 0 Å². The number of likely N-dealkylation sites (tertiary alicyclic amines) is 1. The Morgan fingerprint density at radius 2 is 2.06 bits per heavy atom. The lowest BCUT2D eigenvalue weighted by Crippen LogP contribution is -2.39. The molecule has 1 N–H and O–H groups in total. The van der Waals surface area contributed by atoms with E-state index in [1.807, 2.05) is 0 Å². The van der Waals surface area contributed by atoms with E-state index in [0.29, 0.717) is 6.04 Å². The molecule has 2 nitrogen and oxygen atoms in total. The standard InChI is InChI=1S/C15H32N2/c1-5-9-16-15(4)7-6-10-17-11-8-13(2)14(3)12-17/h13-16H,5-12H2,1-4H3. The van der Waals surface area contributed by atoms with Crippen molar-refractivity contribution in [2.45, 2.75) is 59.4 Å². The number of nitrogens with zero attached hydrogens (tertiary/aromatic N) is 1. The predicted molar refractivity (Wildman–Crippen MR) is 76.4 cm³/mol. The highest BCUT2D eigenvalue weighted by atomic mass is 15.1. The van der Waals surface area contributed by atoms with Gasteiger partial charge in [-0.2, -0.15) is 0 Å². The highest BCUT2D eigenvalue weighted by molar-refractivity contribution is 4.75. The number of rotatable bonds is 7. The monoisotopic (exact) mass is 240 g/mol. The maximum atomic E-state index is 3.57. The summed E-state index contributed by atoms with van der Waals surface area (Å²) in [5.74, 6) is 1.82. The van der Waals surface area contributed by atoms with Crippen molar-refractivity contribution in [3.63, 3.8) is 0 Å². The van der Waals surface area contributed by atoms with Gasteiger partial charge in [0, 0.05) is 12.6 Å². The van der Waals surface area contributed by atoms with E-state index in [0.717, 1.165) is 11.8 Å². The third-order valence-electron chi connectivity index (χ3n) is 4.27. The summed E-state index contributed by atoms with van der Waals surface area (Å²) in [4.78, 5) is 2.66. The van der Waals surface area contributed by atoms with Crippen LogP contribution in [0.15, 0.2) is 0 Å². The maximum Gasteiger partial charge on any atom is 0.00391 e. The fourth-order valence-corrected chi connectivity index (χ4v) is 2.67. The molecule has 2 heteroatoms. The normalized spacial score (nSPS) is 28.2. The van der Waals surface area contributed by atoms with Gasteiger partial charge in [0.15, 0.2) is 0 Å². The molecule has 0 radical (unpaired) electrons. The third-order valence-corrected chi connectivity index (χ3v) is 4.27. The Kier molecular flexibility index (Phi) is 7.14. The Labute approximate surface area is 108 Å². The SMILES string of the molecule is CCCNC(C)CCCN1CCC(C)C(C)C1. The Bertz CT molecular complexity index is 193. The van der Waals surface area contributed by atoms with E-state index in [2.05, 4.69) is 37.9 Å². The van der Waals surface area contributed by atoms with Gasteiger partial charge < -0.3 is 10.2 Å². The molecule has 0 bridgehead atoms. The summed E-state index contributed by atoms with van der Waals surface area (Å²) in [5, 5.41) is 3.57. The number of hydrogen-bond acceptors (Lipinski definition) is 2. The zero-order valence-corrected chi connectivity index (χ0v) is 12.3. The largest absolute Gasteiger partial charge is 0.314 e. The molecule has 3 unspecified atom stereocenters. The van der Waals surface area contributed by atoms with Crippen molar-refractivity contribution in [1.82, 2.24) is 10.2 Å². The van der Waals surface area contributed by atoms with Crippen molar-refractivity contribution in [2.75, 3.05) is 26.2 Å². The Balaban J connectivity index is 2.06. The molecule has 0 aromatic carbocycles. The molecule has 1 aliphatic heterocycles. The molecule has 0 aliphatic carbocycles. The fourth-order valence-electron chi connectivity index (χ4n) is 2.67. The van der Waals surface area contributed by atoms with Crippen LogP contribution in [-0.4, -0.2) is 37.1 Å². The van der Waals surface area contributed by atoms with Gasteiger partial charge in [0.1, 0.15) is 0 Å². The molecule has 0 saturated carbocycles. The summed E-state index contributed by atoms with van der Waals surface area (Å²) >= 11 is 0. The highest BCUT2D eigenvalue weighted by Gasteiger charge is 2.21. The molecule has 102 valence electrons. The van der Waals surface area contributed by atoms with Gasteiger partial charge in [-0.3, -0.25) is 0 Å². The van der Waals surface area contributed by atoms with Crippen LogP contribution in [-0.2, 0) is 0 Å². The van der Waals surface area contributed by atoms with Gasteiger partial charge in [-0.1, -0.05) is 20.8 Å². The number of piperidine rings is 1. The second-order valence-electron chi connectivity index (χ2n) is 6.04. The first-order chi connectivity index (χ1) is 8.13. The van der Waals surface area contributed by atoms with E-state index in [1.54, 1.807) is 0 Å². The molecular formula is C15H32N2. The minimum Gasteiger partial charge on any atom is -0.314 e. The van der Waals surface area contributed by atoms with Crippen molar-refractivity contribution in [3.8, 4) is 0 Å². The zero-order valence-electron chi connectivity index (χ0n) is 12.3. The molecule has 0 spiro atoms. The molecular weight excluding hydrogens is 208 g/mol. The van der Waals surface area contributed by atoms with Gasteiger partial charge in [0.05, 0.1) is 0 Å². The van der Waals surface area contributed by atoms with E-state index in [-0.39, 0.29) is 0 Å². The third kappa shape index (κ3) is 5.87. The van der Waals surface area contributed by atoms with Crippen LogP contribution < -0.4 is 5.32 Å². The van der Waals surface area contributed by atoms with Crippen molar-refractivity contribution < 1.29 is 0 Å². The second-order valence-corrected chi connectivity index (χ2v) is 6.04. The van der Waals surface area contributed by atoms with E-state index in [1.165, 1.54) is 51.9 Å². The second kappa shape index (κ2) is 8.10. The van der Waals surface area contributed by atoms with Crippen LogP contribution in [0.1, 0.15) is 53.4 Å². The van der Waals surface area contributed by atoms with E-state index < -0.39 is 0 Å². The lowest BCUT2D eigenvalue weighted by atomic mass is 9.88. The van der Waals surface area contributed by atoms with Crippen LogP contribution in [0, 0.1) is 11.8 Å². The quantitative estimate of drug-likeness (QED) is 0.735. The van der Waals surface area contributed by atoms with Crippen molar-refractivity contribution in [2.24, 2.45) is 11.8 Å². The molecule has 0 aromatic rings. The predicted octanol–water partition coefficient (Wildman–Crippen LogP) is 3.13. The first-order valence-corrected chi connectivity index (χ1v) is 7.59. The average Bonchev–Trinajstić information content (AvgIpc) is 2.31. The van der Waals surface area contributed by atoms with Gasteiger partial charge in [-0.05, 0) is 64.1 Å². The van der Waals surface area contributed by atoms with Crippen LogP contribution in [0.2, 0.25) is 0 Å². The van der Waals surface area contributed by atoms with Crippen LogP contribution >= 0.6 is 0 Å². The summed E-state index contributed by atoms with van der Waals surface area (Å²) in [6.45, 7) is 14.5. The van der Waals surface area contributed by atoms with Crippen LogP contribution in [0.25, 0.3) is 0 Å². The van der Waals surface area contributed by atoms with E-state index in [9.17, 15) is 0 Å². The summed E-state index contributed by atoms with van der Waals surface area (Å²) in [6, 6.07) is 0.691. The minimum atomic E-state index is 0.691. The van der Waals surface area contributed by atoms with E-state index >= 15 is 0 Å².